The van der Waals surface area contributed by atoms with Crippen LogP contribution >= 0.6 is 0 Å². The van der Waals surface area contributed by atoms with Gasteiger partial charge in [0.15, 0.2) is 0 Å². The molecule has 0 amide bonds. The fourth-order valence-corrected chi connectivity index (χ4v) is 1.02. The maximum Gasteiger partial charge on any atom is 0.122 e. The molecule has 0 unspecified atom stereocenters. The number of aryl methyl sites for hydroxylation is 2. The molecular weight excluding hydrogens is 160 g/mol. The van der Waals surface area contributed by atoms with E-state index in [2.05, 4.69) is 32.0 Å². The molecule has 0 aliphatic carbocycles. The molecule has 0 saturated heterocycles. The maximum absolute atomic E-state index is 5.42. The smallest absolute Gasteiger partial charge is 0.122 e. The summed E-state index contributed by atoms with van der Waals surface area (Å²) in [6.07, 6.45) is 0. The number of hydrogen-bond acceptors (Lipinski definition) is 1. The summed E-state index contributed by atoms with van der Waals surface area (Å²) in [5, 5.41) is 0. The standard InChI is InChI=1S/C10H14O.C2H6/c1-4-11-10-7-8(2)5-6-9(10)3;1-2/h5-7H,4H2,1-3H3;1-2H3. The third-order valence-corrected chi connectivity index (χ3v) is 1.64. The highest BCUT2D eigenvalue weighted by Crippen LogP contribution is 2.18. The van der Waals surface area contributed by atoms with Gasteiger partial charge in [-0.15, -0.1) is 0 Å². The molecule has 0 spiro atoms. The van der Waals surface area contributed by atoms with Gasteiger partial charge in [0.2, 0.25) is 0 Å². The Morgan fingerprint density at radius 3 is 2.31 bits per heavy atom. The third kappa shape index (κ3) is 3.97. The van der Waals surface area contributed by atoms with Gasteiger partial charge in [0, 0.05) is 0 Å². The van der Waals surface area contributed by atoms with Gasteiger partial charge in [-0.1, -0.05) is 26.0 Å². The van der Waals surface area contributed by atoms with Crippen LogP contribution in [-0.4, -0.2) is 6.61 Å². The van der Waals surface area contributed by atoms with Crippen molar-refractivity contribution < 1.29 is 4.74 Å². The van der Waals surface area contributed by atoms with Crippen molar-refractivity contribution in [2.24, 2.45) is 0 Å². The van der Waals surface area contributed by atoms with Gasteiger partial charge in [-0.25, -0.2) is 0 Å². The molecule has 1 rings (SSSR count). The number of hydrogen-bond donors (Lipinski definition) is 0. The monoisotopic (exact) mass is 180 g/mol. The van der Waals surface area contributed by atoms with Crippen molar-refractivity contribution >= 4 is 0 Å². The van der Waals surface area contributed by atoms with E-state index in [0.29, 0.717) is 0 Å². The first-order chi connectivity index (χ1) is 6.24. The molecule has 0 aliphatic heterocycles. The molecule has 1 heteroatoms. The Kier molecular flexibility index (Phi) is 6.03. The van der Waals surface area contributed by atoms with Crippen molar-refractivity contribution in [3.8, 4) is 5.75 Å². The second-order valence-corrected chi connectivity index (χ2v) is 2.70. The van der Waals surface area contributed by atoms with Gasteiger partial charge in [0.25, 0.3) is 0 Å². The number of rotatable bonds is 2. The minimum absolute atomic E-state index is 0.740. The van der Waals surface area contributed by atoms with Gasteiger partial charge in [0.1, 0.15) is 5.75 Å². The van der Waals surface area contributed by atoms with Crippen LogP contribution in [0.15, 0.2) is 18.2 Å². The lowest BCUT2D eigenvalue weighted by molar-refractivity contribution is 0.337. The van der Waals surface area contributed by atoms with E-state index >= 15 is 0 Å². The van der Waals surface area contributed by atoms with Gasteiger partial charge < -0.3 is 4.74 Å². The van der Waals surface area contributed by atoms with E-state index < -0.39 is 0 Å². The first-order valence-corrected chi connectivity index (χ1v) is 4.94. The maximum atomic E-state index is 5.42. The molecule has 1 aromatic rings. The molecule has 0 atom stereocenters. The van der Waals surface area contributed by atoms with Crippen molar-refractivity contribution in [3.05, 3.63) is 29.3 Å². The van der Waals surface area contributed by atoms with Crippen LogP contribution in [0, 0.1) is 13.8 Å². The molecule has 0 aliphatic rings. The van der Waals surface area contributed by atoms with Crippen LogP contribution in [0.25, 0.3) is 0 Å². The summed E-state index contributed by atoms with van der Waals surface area (Å²) in [6.45, 7) is 10.9. The quantitative estimate of drug-likeness (QED) is 0.674. The molecule has 0 aromatic heterocycles. The van der Waals surface area contributed by atoms with Crippen molar-refractivity contribution in [1.29, 1.82) is 0 Å². The van der Waals surface area contributed by atoms with E-state index in [4.69, 9.17) is 4.74 Å². The Hall–Kier alpha value is -0.980. The average molecular weight is 180 g/mol. The Morgan fingerprint density at radius 1 is 1.15 bits per heavy atom. The van der Waals surface area contributed by atoms with Gasteiger partial charge in [-0.05, 0) is 38.0 Å². The molecular formula is C12H20O. The van der Waals surface area contributed by atoms with Gasteiger partial charge in [0.05, 0.1) is 6.61 Å². The summed E-state index contributed by atoms with van der Waals surface area (Å²) in [4.78, 5) is 0. The normalized spacial score (nSPS) is 8.69. The van der Waals surface area contributed by atoms with Crippen LogP contribution in [0.2, 0.25) is 0 Å². The SMILES string of the molecule is CC.CCOc1cc(C)ccc1C. The summed E-state index contributed by atoms with van der Waals surface area (Å²) in [5.41, 5.74) is 2.46. The van der Waals surface area contributed by atoms with Gasteiger partial charge >= 0.3 is 0 Å². The van der Waals surface area contributed by atoms with E-state index in [-0.39, 0.29) is 0 Å². The van der Waals surface area contributed by atoms with E-state index in [9.17, 15) is 0 Å². The molecule has 0 N–H and O–H groups in total. The summed E-state index contributed by atoms with van der Waals surface area (Å²) < 4.78 is 5.42. The van der Waals surface area contributed by atoms with Gasteiger partial charge in [-0.3, -0.25) is 0 Å². The predicted octanol–water partition coefficient (Wildman–Crippen LogP) is 3.73. The molecule has 74 valence electrons. The van der Waals surface area contributed by atoms with E-state index in [1.54, 1.807) is 0 Å². The molecule has 0 saturated carbocycles. The minimum Gasteiger partial charge on any atom is -0.494 e. The Balaban J connectivity index is 0.000000671. The van der Waals surface area contributed by atoms with Crippen LogP contribution in [-0.2, 0) is 0 Å². The van der Waals surface area contributed by atoms with E-state index in [1.165, 1.54) is 11.1 Å². The lowest BCUT2D eigenvalue weighted by Gasteiger charge is -2.06. The van der Waals surface area contributed by atoms with Crippen LogP contribution in [0.1, 0.15) is 31.9 Å². The first kappa shape index (κ1) is 12.0. The zero-order valence-corrected chi connectivity index (χ0v) is 9.35. The van der Waals surface area contributed by atoms with E-state index in [1.807, 2.05) is 20.8 Å². The van der Waals surface area contributed by atoms with Crippen LogP contribution in [0.4, 0.5) is 0 Å². The van der Waals surface area contributed by atoms with Crippen molar-refractivity contribution in [1.82, 2.24) is 0 Å². The molecule has 13 heavy (non-hydrogen) atoms. The summed E-state index contributed by atoms with van der Waals surface area (Å²) >= 11 is 0. The molecule has 1 aromatic carbocycles. The van der Waals surface area contributed by atoms with Crippen molar-refractivity contribution in [3.63, 3.8) is 0 Å². The van der Waals surface area contributed by atoms with Crippen LogP contribution in [0.5, 0.6) is 5.75 Å². The lowest BCUT2D eigenvalue weighted by Crippen LogP contribution is -1.93. The first-order valence-electron chi connectivity index (χ1n) is 4.94. The predicted molar refractivity (Wildman–Crippen MR) is 58.4 cm³/mol. The Bertz CT molecular complexity index is 241. The van der Waals surface area contributed by atoms with Gasteiger partial charge in [-0.2, -0.15) is 0 Å². The summed E-state index contributed by atoms with van der Waals surface area (Å²) in [7, 11) is 0. The minimum atomic E-state index is 0.740. The summed E-state index contributed by atoms with van der Waals surface area (Å²) in [5.74, 6) is 1.01. The Labute approximate surface area is 81.7 Å². The average Bonchev–Trinajstić information content (AvgIpc) is 2.15. The van der Waals surface area contributed by atoms with Crippen LogP contribution < -0.4 is 4.74 Å². The highest BCUT2D eigenvalue weighted by Gasteiger charge is 1.96. The zero-order chi connectivity index (χ0) is 10.3. The second-order valence-electron chi connectivity index (χ2n) is 2.70. The number of ether oxygens (including phenoxy) is 1. The molecule has 0 fully saturated rings. The molecule has 0 heterocycles. The van der Waals surface area contributed by atoms with Crippen molar-refractivity contribution in [2.75, 3.05) is 6.61 Å². The fourth-order valence-electron chi connectivity index (χ4n) is 1.02. The summed E-state index contributed by atoms with van der Waals surface area (Å²) in [6, 6.07) is 6.25. The molecule has 0 radical (unpaired) electrons. The number of benzene rings is 1. The zero-order valence-electron chi connectivity index (χ0n) is 9.35. The van der Waals surface area contributed by atoms with Crippen molar-refractivity contribution in [2.45, 2.75) is 34.6 Å². The highest BCUT2D eigenvalue weighted by atomic mass is 16.5. The van der Waals surface area contributed by atoms with E-state index in [0.717, 1.165) is 12.4 Å². The third-order valence-electron chi connectivity index (χ3n) is 1.64. The van der Waals surface area contributed by atoms with Crippen LogP contribution in [0.3, 0.4) is 0 Å². The topological polar surface area (TPSA) is 9.23 Å². The largest absolute Gasteiger partial charge is 0.494 e. The highest BCUT2D eigenvalue weighted by molar-refractivity contribution is 5.35. The second kappa shape index (κ2) is 6.53. The molecule has 1 nitrogen and oxygen atoms in total. The fraction of sp³-hybridized carbons (Fsp3) is 0.500. The lowest BCUT2D eigenvalue weighted by atomic mass is 10.1. The molecule has 0 bridgehead atoms. The Morgan fingerprint density at radius 2 is 1.77 bits per heavy atom.